The maximum Gasteiger partial charge on any atom is 0.270 e. The van der Waals surface area contributed by atoms with Gasteiger partial charge in [0.2, 0.25) is 5.78 Å². The normalized spacial score (nSPS) is 11.6. The van der Waals surface area contributed by atoms with Gasteiger partial charge in [-0.05, 0) is 37.6 Å². The lowest BCUT2D eigenvalue weighted by atomic mass is 10.0. The van der Waals surface area contributed by atoms with Gasteiger partial charge in [-0.2, -0.15) is 4.57 Å². The lowest BCUT2D eigenvalue weighted by molar-refractivity contribution is -0.692. The molecular weight excluding hydrogens is 348 g/mol. The summed E-state index contributed by atoms with van der Waals surface area (Å²) in [7, 11) is 1.60. The summed E-state index contributed by atoms with van der Waals surface area (Å²) in [5.74, 6) is 0.647. The molecule has 1 heterocycles. The number of rotatable bonds is 10. The number of hydrogen-bond acceptors (Lipinski definition) is 4. The van der Waals surface area contributed by atoms with Crippen LogP contribution in [0.25, 0.3) is 0 Å². The van der Waals surface area contributed by atoms with Crippen LogP contribution in [-0.2, 0) is 4.74 Å². The van der Waals surface area contributed by atoms with Crippen LogP contribution in [0.15, 0.2) is 54.9 Å². The van der Waals surface area contributed by atoms with Crippen molar-refractivity contribution in [2.75, 3.05) is 26.9 Å². The molecule has 0 aliphatic heterocycles. The highest BCUT2D eigenvalue weighted by atomic mass is 32.1. The minimum atomic E-state index is -0.591. The molecule has 1 aromatic heterocycles. The summed E-state index contributed by atoms with van der Waals surface area (Å²) in [6.45, 7) is 4.00. The number of carbonyl (C=O) groups is 1. The van der Waals surface area contributed by atoms with E-state index in [1.807, 2.05) is 42.1 Å². The first-order valence-corrected chi connectivity index (χ1v) is 9.07. The van der Waals surface area contributed by atoms with Gasteiger partial charge in [0.1, 0.15) is 5.75 Å². The largest absolute Gasteiger partial charge is 0.497 e. The van der Waals surface area contributed by atoms with E-state index in [0.717, 1.165) is 6.42 Å². The molecule has 0 aliphatic carbocycles. The van der Waals surface area contributed by atoms with Crippen LogP contribution in [0.3, 0.4) is 0 Å². The molecule has 0 aliphatic rings. The number of nitrogens with zero attached hydrogens (tertiary/aromatic N) is 1. The summed E-state index contributed by atoms with van der Waals surface area (Å²) >= 11 is 5.54. The van der Waals surface area contributed by atoms with Gasteiger partial charge in [0.15, 0.2) is 17.4 Å². The highest BCUT2D eigenvalue weighted by Crippen LogP contribution is 2.16. The third-order valence-electron chi connectivity index (χ3n) is 3.88. The van der Waals surface area contributed by atoms with Crippen molar-refractivity contribution < 1.29 is 18.8 Å². The number of aromatic nitrogens is 1. The fraction of sp³-hybridized carbons (Fsp3) is 0.350. The predicted molar refractivity (Wildman–Crippen MR) is 105 cm³/mol. The van der Waals surface area contributed by atoms with E-state index in [0.29, 0.717) is 36.1 Å². The first-order valence-electron chi connectivity index (χ1n) is 8.67. The zero-order chi connectivity index (χ0) is 18.8. The molecule has 2 rings (SSSR count). The Bertz CT molecular complexity index is 705. The Hall–Kier alpha value is -2.31. The third-order valence-corrected chi connectivity index (χ3v) is 4.24. The Balaban J connectivity index is 2.15. The fourth-order valence-electron chi connectivity index (χ4n) is 2.51. The van der Waals surface area contributed by atoms with Crippen molar-refractivity contribution in [2.45, 2.75) is 19.4 Å². The van der Waals surface area contributed by atoms with Gasteiger partial charge in [-0.25, -0.2) is 0 Å². The molecule has 5 nitrogen and oxygen atoms in total. The first kappa shape index (κ1) is 20.0. The molecule has 0 radical (unpaired) electrons. The van der Waals surface area contributed by atoms with E-state index in [2.05, 4.69) is 5.32 Å². The average Bonchev–Trinajstić information content (AvgIpc) is 2.69. The number of benzene rings is 1. The van der Waals surface area contributed by atoms with E-state index in [9.17, 15) is 4.79 Å². The maximum absolute atomic E-state index is 13.1. The molecule has 26 heavy (non-hydrogen) atoms. The van der Waals surface area contributed by atoms with Crippen molar-refractivity contribution in [1.29, 1.82) is 0 Å². The molecule has 2 aromatic rings. The molecule has 6 heteroatoms. The predicted octanol–water partition coefficient (Wildman–Crippen LogP) is 2.75. The van der Waals surface area contributed by atoms with Crippen molar-refractivity contribution >= 4 is 23.0 Å². The summed E-state index contributed by atoms with van der Waals surface area (Å²) in [6.07, 6.45) is 4.53. The van der Waals surface area contributed by atoms with Crippen LogP contribution in [-0.4, -0.2) is 37.6 Å². The molecule has 138 valence electrons. The van der Waals surface area contributed by atoms with Crippen LogP contribution in [0, 0.1) is 0 Å². The van der Waals surface area contributed by atoms with Crippen molar-refractivity contribution in [3.63, 3.8) is 0 Å². The quantitative estimate of drug-likeness (QED) is 0.300. The number of methoxy groups -OCH3 is 1. The van der Waals surface area contributed by atoms with Gasteiger partial charge in [0.25, 0.3) is 6.04 Å². The van der Waals surface area contributed by atoms with Crippen molar-refractivity contribution in [3.05, 3.63) is 60.4 Å². The molecule has 0 bridgehead atoms. The lowest BCUT2D eigenvalue weighted by Gasteiger charge is -2.15. The number of hydrogen-bond donors (Lipinski definition) is 1. The number of carbonyl (C=O) groups excluding carboxylic acids is 1. The van der Waals surface area contributed by atoms with Crippen LogP contribution in [0.4, 0.5) is 0 Å². The van der Waals surface area contributed by atoms with Gasteiger partial charge in [-0.1, -0.05) is 18.3 Å². The van der Waals surface area contributed by atoms with Crippen LogP contribution >= 0.6 is 12.2 Å². The lowest BCUT2D eigenvalue weighted by Crippen LogP contribution is -2.51. The van der Waals surface area contributed by atoms with E-state index in [-0.39, 0.29) is 5.78 Å². The van der Waals surface area contributed by atoms with Gasteiger partial charge in [-0.3, -0.25) is 4.79 Å². The van der Waals surface area contributed by atoms with E-state index in [4.69, 9.17) is 21.7 Å². The van der Waals surface area contributed by atoms with E-state index >= 15 is 0 Å². The Morgan fingerprint density at radius 1 is 1.19 bits per heavy atom. The van der Waals surface area contributed by atoms with Gasteiger partial charge >= 0.3 is 0 Å². The monoisotopic (exact) mass is 373 g/mol. The Morgan fingerprint density at radius 2 is 1.88 bits per heavy atom. The number of nitrogens with one attached hydrogen (secondary N) is 1. The van der Waals surface area contributed by atoms with Crippen LogP contribution in [0.2, 0.25) is 0 Å². The van der Waals surface area contributed by atoms with Gasteiger partial charge < -0.3 is 14.8 Å². The minimum absolute atomic E-state index is 0.0637. The van der Waals surface area contributed by atoms with E-state index in [1.165, 1.54) is 0 Å². The molecule has 1 unspecified atom stereocenters. The molecule has 0 fully saturated rings. The summed E-state index contributed by atoms with van der Waals surface area (Å²) in [4.78, 5) is 13.6. The molecule has 0 amide bonds. The number of ether oxygens (including phenoxy) is 2. The molecule has 1 atom stereocenters. The highest BCUT2D eigenvalue weighted by molar-refractivity contribution is 7.80. The zero-order valence-electron chi connectivity index (χ0n) is 15.2. The smallest absolute Gasteiger partial charge is 0.270 e. The summed E-state index contributed by atoms with van der Waals surface area (Å²) in [6, 6.07) is 12.1. The fourth-order valence-corrected chi connectivity index (χ4v) is 2.84. The second kappa shape index (κ2) is 10.6. The number of pyridine rings is 1. The molecule has 1 N–H and O–H groups in total. The van der Waals surface area contributed by atoms with Crippen molar-refractivity contribution in [2.24, 2.45) is 0 Å². The van der Waals surface area contributed by atoms with Crippen LogP contribution in [0.5, 0.6) is 5.75 Å². The molecule has 1 aromatic carbocycles. The SMILES string of the molecule is CCOCCCNC(=S)C(C(=O)c1ccc(OC)cc1)[n+]1ccccc1. The average molecular weight is 373 g/mol. The topological polar surface area (TPSA) is 51.4 Å². The third kappa shape index (κ3) is 5.61. The van der Waals surface area contributed by atoms with Gasteiger partial charge in [0.05, 0.1) is 7.11 Å². The number of Topliss-reactive ketones (excluding diaryl/α,β-unsaturated/α-hetero) is 1. The summed E-state index contributed by atoms with van der Waals surface area (Å²) < 4.78 is 12.3. The Labute approximate surface area is 159 Å². The molecule has 0 saturated heterocycles. The number of ketones is 1. The van der Waals surface area contributed by atoms with Crippen LogP contribution < -0.4 is 14.6 Å². The van der Waals surface area contributed by atoms with E-state index in [1.54, 1.807) is 31.4 Å². The maximum atomic E-state index is 13.1. The molecule has 0 saturated carbocycles. The van der Waals surface area contributed by atoms with Gasteiger partial charge in [0, 0.05) is 37.5 Å². The van der Waals surface area contributed by atoms with Gasteiger partial charge in [-0.15, -0.1) is 0 Å². The number of thiocarbonyl (C=S) groups is 1. The van der Waals surface area contributed by atoms with Crippen molar-refractivity contribution in [1.82, 2.24) is 5.32 Å². The Kier molecular flexibility index (Phi) is 8.18. The Morgan fingerprint density at radius 3 is 2.50 bits per heavy atom. The standard InChI is InChI=1S/C20H24N2O3S/c1-3-25-15-7-12-21-20(26)18(22-13-5-4-6-14-22)19(23)16-8-10-17(24-2)11-9-16/h4-6,8-11,13-14,18H,3,7,12,15H2,1-2H3/p+1. The molecular formula is C20H25N2O3S+. The zero-order valence-corrected chi connectivity index (χ0v) is 16.0. The highest BCUT2D eigenvalue weighted by Gasteiger charge is 2.32. The van der Waals surface area contributed by atoms with Crippen molar-refractivity contribution in [3.8, 4) is 5.75 Å². The first-order chi connectivity index (χ1) is 12.7. The second-order valence-corrected chi connectivity index (χ2v) is 6.10. The summed E-state index contributed by atoms with van der Waals surface area (Å²) in [5, 5.41) is 3.20. The van der Waals surface area contributed by atoms with Crippen LogP contribution in [0.1, 0.15) is 29.7 Å². The minimum Gasteiger partial charge on any atom is -0.497 e. The second-order valence-electron chi connectivity index (χ2n) is 5.66. The van der Waals surface area contributed by atoms with E-state index < -0.39 is 6.04 Å². The summed E-state index contributed by atoms with van der Waals surface area (Å²) in [5.41, 5.74) is 0.589. The molecule has 0 spiro atoms.